The number of rotatable bonds is 7. The number of hydrogen-bond acceptors (Lipinski definition) is 3. The van der Waals surface area contributed by atoms with Gasteiger partial charge in [-0.05, 0) is 0 Å². The van der Waals surface area contributed by atoms with E-state index >= 15 is 0 Å². The zero-order chi connectivity index (χ0) is 17.2. The van der Waals surface area contributed by atoms with E-state index in [0.717, 1.165) is 37.0 Å². The van der Waals surface area contributed by atoms with E-state index in [2.05, 4.69) is 15.8 Å². The summed E-state index contributed by atoms with van der Waals surface area (Å²) in [5.41, 5.74) is 4.97. The van der Waals surface area contributed by atoms with Gasteiger partial charge < -0.3 is 0 Å². The number of nitrogens with zero attached hydrogens (tertiary/aromatic N) is 1. The molecule has 1 aliphatic rings. The monoisotopic (exact) mass is 407 g/mol. The van der Waals surface area contributed by atoms with Crippen molar-refractivity contribution in [1.29, 1.82) is 0 Å². The summed E-state index contributed by atoms with van der Waals surface area (Å²) >= 11 is 6.41. The van der Waals surface area contributed by atoms with Crippen LogP contribution in [0.2, 0.25) is 0 Å². The molecule has 0 spiro atoms. The van der Waals surface area contributed by atoms with E-state index in [9.17, 15) is 4.79 Å². The second-order valence-corrected chi connectivity index (χ2v) is 8.66. The van der Waals surface area contributed by atoms with E-state index in [1.165, 1.54) is 36.1 Å². The molecule has 2 rings (SSSR count). The van der Waals surface area contributed by atoms with Crippen molar-refractivity contribution in [2.24, 2.45) is 11.0 Å². The minimum atomic E-state index is 0.224. The van der Waals surface area contributed by atoms with E-state index in [-0.39, 0.29) is 11.8 Å². The van der Waals surface area contributed by atoms with Gasteiger partial charge in [0.05, 0.1) is 0 Å². The van der Waals surface area contributed by atoms with E-state index in [1.54, 1.807) is 0 Å². The van der Waals surface area contributed by atoms with Crippen molar-refractivity contribution in [2.75, 3.05) is 6.54 Å². The van der Waals surface area contributed by atoms with Gasteiger partial charge in [0.15, 0.2) is 0 Å². The number of benzene rings is 1. The number of carbonyl (C=O) groups is 1. The third-order valence-electron chi connectivity index (χ3n) is 4.27. The van der Waals surface area contributed by atoms with Crippen LogP contribution in [-0.4, -0.2) is 38.8 Å². The molecule has 24 heavy (non-hydrogen) atoms. The molecule has 1 saturated carbocycles. The number of thiocarbonyl (C=S) groups is 1. The van der Waals surface area contributed by atoms with Crippen LogP contribution in [0.3, 0.4) is 0 Å². The Bertz CT molecular complexity index is 571. The van der Waals surface area contributed by atoms with Crippen molar-refractivity contribution < 1.29 is 4.79 Å². The summed E-state index contributed by atoms with van der Waals surface area (Å²) < 4.78 is 0.710. The minimum absolute atomic E-state index is 0.224. The molecule has 0 heterocycles. The Morgan fingerprint density at radius 2 is 1.92 bits per heavy atom. The van der Waals surface area contributed by atoms with Gasteiger partial charge in [0, 0.05) is 0 Å². The van der Waals surface area contributed by atoms with Gasteiger partial charge in [-0.25, -0.2) is 0 Å². The third-order valence-corrected chi connectivity index (χ3v) is 4.64. The Morgan fingerprint density at radius 1 is 1.21 bits per heavy atom. The second kappa shape index (κ2) is 10.6. The number of carbonyl (C=O) groups excluding carboxylic acids is 1. The molecule has 0 aliphatic heterocycles. The van der Waals surface area contributed by atoms with Crippen molar-refractivity contribution in [3.8, 4) is 0 Å². The standard InChI is InChI=1S/C18H26AsN3OS/c19-18(24)22-21-16(14-8-3-1-4-9-14)12-7-13-20-17(23)15-10-5-2-6-11-15/h1,3-4,8-9,15H,2,5-7,10-13,19H2,(H,20,23)(H,22,24)/b21-16+. The maximum absolute atomic E-state index is 12.2. The first-order valence-corrected chi connectivity index (χ1v) is 10.2. The Balaban J connectivity index is 1.81. The van der Waals surface area contributed by atoms with Crippen LogP contribution in [0, 0.1) is 5.92 Å². The van der Waals surface area contributed by atoms with Crippen LogP contribution in [0.15, 0.2) is 35.4 Å². The first-order valence-electron chi connectivity index (χ1n) is 8.62. The molecule has 1 aromatic rings. The molecular formula is C18H26AsN3OS. The fourth-order valence-corrected chi connectivity index (χ4v) is 3.18. The van der Waals surface area contributed by atoms with Gasteiger partial charge in [0.25, 0.3) is 0 Å². The van der Waals surface area contributed by atoms with Gasteiger partial charge in [-0.1, -0.05) is 6.42 Å². The zero-order valence-corrected chi connectivity index (χ0v) is 17.2. The molecule has 0 bridgehead atoms. The van der Waals surface area contributed by atoms with Gasteiger partial charge >= 0.3 is 152 Å². The van der Waals surface area contributed by atoms with Crippen LogP contribution >= 0.6 is 12.2 Å². The molecule has 1 fully saturated rings. The first kappa shape index (κ1) is 19.1. The first-order chi connectivity index (χ1) is 11.7. The number of hydrogen-bond donors (Lipinski definition) is 2. The third kappa shape index (κ3) is 6.74. The van der Waals surface area contributed by atoms with Gasteiger partial charge in [0.2, 0.25) is 0 Å². The fourth-order valence-electron chi connectivity index (χ4n) is 2.99. The molecule has 1 atom stereocenters. The van der Waals surface area contributed by atoms with Crippen LogP contribution < -0.4 is 10.7 Å². The van der Waals surface area contributed by atoms with E-state index in [1.807, 2.05) is 30.3 Å². The van der Waals surface area contributed by atoms with Crippen LogP contribution in [0.1, 0.15) is 50.5 Å². The predicted molar refractivity (Wildman–Crippen MR) is 106 cm³/mol. The van der Waals surface area contributed by atoms with Crippen LogP contribution in [0.4, 0.5) is 0 Å². The van der Waals surface area contributed by atoms with Crippen molar-refractivity contribution in [2.45, 2.75) is 44.9 Å². The number of amides is 1. The van der Waals surface area contributed by atoms with Gasteiger partial charge in [-0.3, -0.25) is 0 Å². The van der Waals surface area contributed by atoms with Crippen LogP contribution in [0.25, 0.3) is 0 Å². The van der Waals surface area contributed by atoms with Gasteiger partial charge in [-0.15, -0.1) is 0 Å². The predicted octanol–water partition coefficient (Wildman–Crippen LogP) is 2.38. The summed E-state index contributed by atoms with van der Waals surface area (Å²) in [5, 5.41) is 7.52. The van der Waals surface area contributed by atoms with E-state index in [0.29, 0.717) is 10.3 Å². The average molecular weight is 407 g/mol. The number of nitrogens with one attached hydrogen (secondary N) is 2. The summed E-state index contributed by atoms with van der Waals surface area (Å²) in [4.78, 5) is 12.2. The van der Waals surface area contributed by atoms with Crippen LogP contribution in [-0.2, 0) is 4.79 Å². The van der Waals surface area contributed by atoms with E-state index < -0.39 is 0 Å². The summed E-state index contributed by atoms with van der Waals surface area (Å²) in [6.45, 7) is 0.696. The van der Waals surface area contributed by atoms with Gasteiger partial charge in [-0.2, -0.15) is 0 Å². The summed E-state index contributed by atoms with van der Waals surface area (Å²) in [6.07, 6.45) is 7.41. The summed E-state index contributed by atoms with van der Waals surface area (Å²) in [7, 11) is 0. The quantitative estimate of drug-likeness (QED) is 0.240. The second-order valence-electron chi connectivity index (χ2n) is 6.13. The Morgan fingerprint density at radius 3 is 2.58 bits per heavy atom. The van der Waals surface area contributed by atoms with Crippen molar-refractivity contribution in [3.63, 3.8) is 0 Å². The molecule has 1 aromatic carbocycles. The Kier molecular flexibility index (Phi) is 8.47. The fraction of sp³-hybridized carbons (Fsp3) is 0.500. The normalized spacial score (nSPS) is 15.8. The molecule has 1 amide bonds. The summed E-state index contributed by atoms with van der Waals surface area (Å²) in [5.74, 6) is 0.450. The molecule has 130 valence electrons. The Labute approximate surface area is 158 Å². The van der Waals surface area contributed by atoms with Gasteiger partial charge in [0.1, 0.15) is 0 Å². The molecule has 0 radical (unpaired) electrons. The van der Waals surface area contributed by atoms with Crippen molar-refractivity contribution in [1.82, 2.24) is 10.7 Å². The maximum atomic E-state index is 12.2. The topological polar surface area (TPSA) is 53.5 Å². The number of hydrazone groups is 1. The SMILES string of the molecule is O=C(NCCC/C(=N\NC(=S)[AsH2])c1ccccc1)C1CCCCC1. The molecule has 0 aromatic heterocycles. The Hall–Kier alpha value is -1.19. The molecule has 2 N–H and O–H groups in total. The van der Waals surface area contributed by atoms with E-state index in [4.69, 9.17) is 12.2 Å². The zero-order valence-electron chi connectivity index (χ0n) is 14.0. The molecule has 0 saturated heterocycles. The molecule has 1 aliphatic carbocycles. The van der Waals surface area contributed by atoms with Crippen LogP contribution in [0.5, 0.6) is 0 Å². The van der Waals surface area contributed by atoms with Crippen molar-refractivity contribution in [3.05, 3.63) is 35.9 Å². The average Bonchev–Trinajstić information content (AvgIpc) is 2.62. The summed E-state index contributed by atoms with van der Waals surface area (Å²) in [6, 6.07) is 10.1. The molecule has 1 unspecified atom stereocenters. The molecule has 4 nitrogen and oxygen atoms in total. The van der Waals surface area contributed by atoms with Crippen molar-refractivity contribution >= 4 is 44.5 Å². The molecule has 6 heteroatoms. The molecular weight excluding hydrogens is 381 g/mol.